The summed E-state index contributed by atoms with van der Waals surface area (Å²) in [5, 5.41) is 11.6. The molecule has 2 N–H and O–H groups in total. The van der Waals surface area contributed by atoms with Crippen LogP contribution in [0.4, 0.5) is 5.69 Å². The predicted molar refractivity (Wildman–Crippen MR) is 135 cm³/mol. The zero-order valence-corrected chi connectivity index (χ0v) is 20.1. The summed E-state index contributed by atoms with van der Waals surface area (Å²) in [6.07, 6.45) is 4.95. The average Bonchev–Trinajstić information content (AvgIpc) is 3.48. The van der Waals surface area contributed by atoms with Gasteiger partial charge in [-0.25, -0.2) is 28.2 Å². The normalized spacial score (nSPS) is 15.0. The smallest absolute Gasteiger partial charge is 0.276 e. The van der Waals surface area contributed by atoms with Crippen LogP contribution in [0.25, 0.3) is 22.7 Å². The molecule has 1 aliphatic rings. The van der Waals surface area contributed by atoms with E-state index in [9.17, 15) is 9.00 Å². The van der Waals surface area contributed by atoms with E-state index in [1.807, 2.05) is 43.5 Å². The van der Waals surface area contributed by atoms with Gasteiger partial charge >= 0.3 is 0 Å². The van der Waals surface area contributed by atoms with Gasteiger partial charge in [0.25, 0.3) is 5.91 Å². The van der Waals surface area contributed by atoms with Crippen LogP contribution in [-0.2, 0) is 9.73 Å². The number of amides is 1. The van der Waals surface area contributed by atoms with Crippen LogP contribution < -0.4 is 5.32 Å². The molecule has 6 rings (SSSR count). The molecule has 1 atom stereocenters. The van der Waals surface area contributed by atoms with Gasteiger partial charge in [-0.15, -0.1) is 0 Å². The number of nitrogens with zero attached hydrogens (tertiary/aromatic N) is 6. The summed E-state index contributed by atoms with van der Waals surface area (Å²) < 4.78 is 24.1. The van der Waals surface area contributed by atoms with E-state index in [1.54, 1.807) is 39.5 Å². The Morgan fingerprint density at radius 3 is 2.67 bits per heavy atom. The van der Waals surface area contributed by atoms with E-state index >= 15 is 0 Å². The van der Waals surface area contributed by atoms with E-state index in [0.717, 1.165) is 24.1 Å². The van der Waals surface area contributed by atoms with Gasteiger partial charge in [0, 0.05) is 33.3 Å². The lowest BCUT2D eigenvalue weighted by molar-refractivity contribution is 0.102. The molecule has 0 aliphatic heterocycles. The molecule has 5 aromatic rings. The van der Waals surface area contributed by atoms with Gasteiger partial charge in [0.15, 0.2) is 17.2 Å². The Bertz CT molecular complexity index is 1720. The summed E-state index contributed by atoms with van der Waals surface area (Å²) in [6.45, 7) is 1.89. The number of hydrogen-bond acceptors (Lipinski definition) is 7. The molecule has 1 unspecified atom stereocenters. The average molecular weight is 499 g/mol. The molecule has 180 valence electrons. The van der Waals surface area contributed by atoms with Gasteiger partial charge in [-0.3, -0.25) is 4.79 Å². The number of aryl methyl sites for hydroxylation is 1. The third kappa shape index (κ3) is 4.03. The number of benzene rings is 1. The molecule has 1 saturated carbocycles. The molecule has 1 aromatic carbocycles. The molecule has 0 radical (unpaired) electrons. The van der Waals surface area contributed by atoms with Crippen molar-refractivity contribution in [1.29, 1.82) is 4.78 Å². The first-order valence-corrected chi connectivity index (χ1v) is 13.0. The molecule has 1 aliphatic carbocycles. The Balaban J connectivity index is 1.34. The van der Waals surface area contributed by atoms with Crippen LogP contribution in [0.5, 0.6) is 0 Å². The lowest BCUT2D eigenvalue weighted by Crippen LogP contribution is -2.13. The Kier molecular flexibility index (Phi) is 5.15. The van der Waals surface area contributed by atoms with Gasteiger partial charge < -0.3 is 5.32 Å². The largest absolute Gasteiger partial charge is 0.321 e. The quantitative estimate of drug-likeness (QED) is 0.362. The Morgan fingerprint density at radius 2 is 1.92 bits per heavy atom. The summed E-state index contributed by atoms with van der Waals surface area (Å²) in [4.78, 5) is 22.4. The van der Waals surface area contributed by atoms with Crippen molar-refractivity contribution >= 4 is 27.0 Å². The predicted octanol–water partition coefficient (Wildman–Crippen LogP) is 4.11. The van der Waals surface area contributed by atoms with Crippen molar-refractivity contribution in [2.45, 2.75) is 29.9 Å². The summed E-state index contributed by atoms with van der Waals surface area (Å²) in [7, 11) is -2.79. The van der Waals surface area contributed by atoms with Crippen molar-refractivity contribution in [3.8, 4) is 17.1 Å². The van der Waals surface area contributed by atoms with E-state index in [2.05, 4.69) is 25.5 Å². The first-order chi connectivity index (χ1) is 17.4. The number of anilines is 1. The second-order valence-electron chi connectivity index (χ2n) is 8.72. The minimum atomic E-state index is -2.79. The Morgan fingerprint density at radius 1 is 1.11 bits per heavy atom. The fourth-order valence-electron chi connectivity index (χ4n) is 4.02. The van der Waals surface area contributed by atoms with E-state index in [1.165, 1.54) is 6.33 Å². The second kappa shape index (κ2) is 8.38. The number of carbonyl (C=O) groups is 1. The molecule has 36 heavy (non-hydrogen) atoms. The lowest BCUT2D eigenvalue weighted by Gasteiger charge is -2.08. The molecular formula is C25H22N8O2S. The summed E-state index contributed by atoms with van der Waals surface area (Å²) in [6, 6.07) is 17.7. The molecule has 11 heteroatoms. The first-order valence-electron chi connectivity index (χ1n) is 11.4. The van der Waals surface area contributed by atoms with E-state index in [4.69, 9.17) is 4.78 Å². The van der Waals surface area contributed by atoms with Crippen molar-refractivity contribution in [2.75, 3.05) is 5.32 Å². The van der Waals surface area contributed by atoms with Gasteiger partial charge in [-0.1, -0.05) is 6.07 Å². The highest BCUT2D eigenvalue weighted by Gasteiger charge is 2.33. The fraction of sp³-hybridized carbons (Fsp3) is 0.160. The van der Waals surface area contributed by atoms with Crippen LogP contribution in [0.2, 0.25) is 0 Å². The van der Waals surface area contributed by atoms with Gasteiger partial charge in [0.2, 0.25) is 0 Å². The molecule has 0 bridgehead atoms. The topological polar surface area (TPSA) is 131 Å². The zero-order valence-electron chi connectivity index (χ0n) is 19.3. The maximum atomic E-state index is 13.2. The summed E-state index contributed by atoms with van der Waals surface area (Å²) >= 11 is 0. The number of hydrogen-bond donors (Lipinski definition) is 2. The molecule has 1 fully saturated rings. The number of aromatic nitrogens is 6. The van der Waals surface area contributed by atoms with Gasteiger partial charge in [0.05, 0.1) is 15.4 Å². The SMILES string of the molecule is Cc1cccc(-n2nc(C(=O)Nc3ccc(S(=N)(=O)C4CC4)cc3)cc2-c2ccc3ncnn3c2)n1. The molecule has 10 nitrogen and oxygen atoms in total. The number of pyridine rings is 2. The third-order valence-electron chi connectivity index (χ3n) is 6.06. The number of fused-ring (bicyclic) bond motifs is 1. The van der Waals surface area contributed by atoms with Crippen molar-refractivity contribution in [3.63, 3.8) is 0 Å². The fourth-order valence-corrected chi connectivity index (χ4v) is 5.74. The molecular weight excluding hydrogens is 476 g/mol. The van der Waals surface area contributed by atoms with Crippen molar-refractivity contribution < 1.29 is 9.00 Å². The third-order valence-corrected chi connectivity index (χ3v) is 8.44. The first kappa shape index (κ1) is 22.1. The standard InChI is InChI=1S/C25H22N8O2S/c1-16-3-2-4-24(29-16)33-22(17-5-12-23-27-15-28-32(23)14-17)13-21(31-33)25(34)30-18-6-8-19(9-7-18)36(26,35)20-10-11-20/h2-9,12-15,20,26H,10-11H2,1H3,(H,30,34). The summed E-state index contributed by atoms with van der Waals surface area (Å²) in [5.41, 5.74) is 3.73. The van der Waals surface area contributed by atoms with Crippen LogP contribution in [-0.4, -0.2) is 44.7 Å². The molecule has 1 amide bonds. The Hall–Kier alpha value is -4.38. The van der Waals surface area contributed by atoms with Gasteiger partial charge in [-0.2, -0.15) is 10.2 Å². The number of rotatable bonds is 6. The van der Waals surface area contributed by atoms with Crippen LogP contribution >= 0.6 is 0 Å². The lowest BCUT2D eigenvalue weighted by atomic mass is 10.2. The zero-order chi connectivity index (χ0) is 24.9. The van der Waals surface area contributed by atoms with Crippen molar-refractivity contribution in [1.82, 2.24) is 29.4 Å². The molecule has 0 spiro atoms. The minimum Gasteiger partial charge on any atom is -0.321 e. The maximum Gasteiger partial charge on any atom is 0.276 e. The van der Waals surface area contributed by atoms with E-state index < -0.39 is 15.6 Å². The number of carbonyl (C=O) groups excluding carboxylic acids is 1. The van der Waals surface area contributed by atoms with E-state index in [-0.39, 0.29) is 10.9 Å². The highest BCUT2D eigenvalue weighted by Crippen LogP contribution is 2.34. The highest BCUT2D eigenvalue weighted by atomic mass is 32.2. The van der Waals surface area contributed by atoms with Crippen LogP contribution in [0.1, 0.15) is 29.0 Å². The summed E-state index contributed by atoms with van der Waals surface area (Å²) in [5.74, 6) is 0.184. The second-order valence-corrected chi connectivity index (χ2v) is 11.1. The maximum absolute atomic E-state index is 13.2. The molecule has 4 heterocycles. The highest BCUT2D eigenvalue weighted by molar-refractivity contribution is 7.93. The van der Waals surface area contributed by atoms with Crippen molar-refractivity contribution in [3.05, 3.63) is 84.6 Å². The van der Waals surface area contributed by atoms with E-state index in [0.29, 0.717) is 27.7 Å². The van der Waals surface area contributed by atoms with Gasteiger partial charge in [0.1, 0.15) is 6.33 Å². The van der Waals surface area contributed by atoms with Crippen LogP contribution in [0.15, 0.2) is 78.1 Å². The van der Waals surface area contributed by atoms with Crippen LogP contribution in [0.3, 0.4) is 0 Å². The van der Waals surface area contributed by atoms with Crippen LogP contribution in [0, 0.1) is 11.7 Å². The Labute approximate surface area is 207 Å². The molecule has 4 aromatic heterocycles. The number of nitrogens with one attached hydrogen (secondary N) is 2. The minimum absolute atomic E-state index is 0.0627. The van der Waals surface area contributed by atoms with Crippen molar-refractivity contribution in [2.24, 2.45) is 0 Å². The van der Waals surface area contributed by atoms with Gasteiger partial charge in [-0.05, 0) is 74.4 Å². The molecule has 0 saturated heterocycles. The monoisotopic (exact) mass is 498 g/mol.